The first-order valence-corrected chi connectivity index (χ1v) is 8.44. The summed E-state index contributed by atoms with van der Waals surface area (Å²) in [5.41, 5.74) is 1.24. The third-order valence-corrected chi connectivity index (χ3v) is 4.64. The van der Waals surface area contributed by atoms with E-state index in [0.29, 0.717) is 11.0 Å². The molecule has 0 atom stereocenters. The van der Waals surface area contributed by atoms with Crippen molar-refractivity contribution in [3.63, 3.8) is 0 Å². The lowest BCUT2D eigenvalue weighted by Crippen LogP contribution is -2.41. The molecule has 2 rings (SSSR count). The Kier molecular flexibility index (Phi) is 5.00. The zero-order valence-corrected chi connectivity index (χ0v) is 15.0. The fraction of sp³-hybridized carbons (Fsp3) is 0.533. The number of hydrogen-bond donors (Lipinski definition) is 0. The van der Waals surface area contributed by atoms with Gasteiger partial charge in [0.2, 0.25) is 0 Å². The van der Waals surface area contributed by atoms with Crippen molar-refractivity contribution in [3.05, 3.63) is 29.8 Å². The standard InChI is InChI=1S/C15H20BIO4/c1-14(2)15(3,4)21-16(20-14)12-7-5-11(6-8-12)10-19-13(18)9-17/h5-8H,9-10H2,1-4H3. The van der Waals surface area contributed by atoms with Crippen LogP contribution in [0.4, 0.5) is 0 Å². The SMILES string of the molecule is CC1(C)OB(c2ccc(COC(=O)CI)cc2)OC1(C)C. The van der Waals surface area contributed by atoms with Crippen LogP contribution < -0.4 is 5.46 Å². The molecule has 0 aromatic heterocycles. The van der Waals surface area contributed by atoms with Crippen LogP contribution in [0, 0.1) is 0 Å². The van der Waals surface area contributed by atoms with Gasteiger partial charge in [0.25, 0.3) is 0 Å². The van der Waals surface area contributed by atoms with Crippen LogP contribution in [-0.4, -0.2) is 28.7 Å². The van der Waals surface area contributed by atoms with Crippen LogP contribution in [0.5, 0.6) is 0 Å². The van der Waals surface area contributed by atoms with Crippen molar-refractivity contribution in [1.29, 1.82) is 0 Å². The highest BCUT2D eigenvalue weighted by atomic mass is 127. The van der Waals surface area contributed by atoms with E-state index in [4.69, 9.17) is 14.0 Å². The summed E-state index contributed by atoms with van der Waals surface area (Å²) in [5.74, 6) is -0.203. The number of hydrogen-bond acceptors (Lipinski definition) is 4. The van der Waals surface area contributed by atoms with Gasteiger partial charge in [0.05, 0.1) is 15.6 Å². The molecule has 1 fully saturated rings. The van der Waals surface area contributed by atoms with Crippen LogP contribution >= 0.6 is 22.6 Å². The largest absolute Gasteiger partial charge is 0.494 e. The highest BCUT2D eigenvalue weighted by Gasteiger charge is 2.51. The van der Waals surface area contributed by atoms with Gasteiger partial charge in [0.1, 0.15) is 6.61 Å². The number of carbonyl (C=O) groups is 1. The van der Waals surface area contributed by atoms with Crippen LogP contribution in [-0.2, 0) is 25.4 Å². The second kappa shape index (κ2) is 6.26. The van der Waals surface area contributed by atoms with Gasteiger partial charge >= 0.3 is 13.1 Å². The average Bonchev–Trinajstić information content (AvgIpc) is 2.65. The molecule has 0 spiro atoms. The molecule has 1 aromatic rings. The maximum Gasteiger partial charge on any atom is 0.494 e. The number of carbonyl (C=O) groups excluding carboxylic acids is 1. The molecule has 4 nitrogen and oxygen atoms in total. The zero-order chi connectivity index (χ0) is 15.7. The highest BCUT2D eigenvalue weighted by molar-refractivity contribution is 14.1. The fourth-order valence-electron chi connectivity index (χ4n) is 1.95. The molecule has 1 heterocycles. The lowest BCUT2D eigenvalue weighted by molar-refractivity contribution is -0.141. The number of benzene rings is 1. The summed E-state index contributed by atoms with van der Waals surface area (Å²) in [4.78, 5) is 11.1. The van der Waals surface area contributed by atoms with Crippen molar-refractivity contribution >= 4 is 41.1 Å². The predicted molar refractivity (Wildman–Crippen MR) is 90.8 cm³/mol. The predicted octanol–water partition coefficient (Wildman–Crippen LogP) is 2.46. The second-order valence-electron chi connectivity index (χ2n) is 6.12. The Hall–Kier alpha value is -0.595. The number of rotatable bonds is 4. The van der Waals surface area contributed by atoms with E-state index in [9.17, 15) is 4.79 Å². The van der Waals surface area contributed by atoms with Gasteiger partial charge in [-0.3, -0.25) is 4.79 Å². The number of halogens is 1. The summed E-state index contributed by atoms with van der Waals surface area (Å²) in [6.45, 7) is 8.43. The molecule has 0 saturated carbocycles. The minimum absolute atomic E-state index is 0.203. The summed E-state index contributed by atoms with van der Waals surface area (Å²) in [7, 11) is -0.360. The van der Waals surface area contributed by atoms with E-state index >= 15 is 0 Å². The lowest BCUT2D eigenvalue weighted by Gasteiger charge is -2.32. The summed E-state index contributed by atoms with van der Waals surface area (Å²) in [6.07, 6.45) is 0. The molecule has 0 unspecified atom stereocenters. The first-order valence-electron chi connectivity index (χ1n) is 6.91. The highest BCUT2D eigenvalue weighted by Crippen LogP contribution is 2.36. The lowest BCUT2D eigenvalue weighted by atomic mass is 9.79. The molecule has 0 aliphatic carbocycles. The Bertz CT molecular complexity index is 497. The van der Waals surface area contributed by atoms with E-state index < -0.39 is 0 Å². The molecule has 1 aliphatic rings. The quantitative estimate of drug-likeness (QED) is 0.336. The van der Waals surface area contributed by atoms with Gasteiger partial charge in [-0.25, -0.2) is 0 Å². The fourth-order valence-corrected chi connectivity index (χ4v) is 2.17. The van der Waals surface area contributed by atoms with Crippen molar-refractivity contribution in [2.24, 2.45) is 0 Å². The van der Waals surface area contributed by atoms with Crippen molar-refractivity contribution in [2.75, 3.05) is 4.43 Å². The Labute approximate surface area is 139 Å². The van der Waals surface area contributed by atoms with Gasteiger partial charge in [0.15, 0.2) is 0 Å². The Morgan fingerprint density at radius 1 is 1.14 bits per heavy atom. The normalized spacial score (nSPS) is 19.6. The second-order valence-corrected chi connectivity index (χ2v) is 6.89. The van der Waals surface area contributed by atoms with Gasteiger partial charge in [-0.15, -0.1) is 0 Å². The van der Waals surface area contributed by atoms with Crippen molar-refractivity contribution in [1.82, 2.24) is 0 Å². The maximum atomic E-state index is 11.1. The van der Waals surface area contributed by atoms with Crippen LogP contribution in [0.15, 0.2) is 24.3 Å². The summed E-state index contributed by atoms with van der Waals surface area (Å²) < 4.78 is 17.5. The van der Waals surface area contributed by atoms with E-state index in [1.54, 1.807) is 0 Å². The van der Waals surface area contributed by atoms with Crippen LogP contribution in [0.2, 0.25) is 0 Å². The zero-order valence-electron chi connectivity index (χ0n) is 12.8. The monoisotopic (exact) mass is 402 g/mol. The van der Waals surface area contributed by atoms with E-state index in [-0.39, 0.29) is 24.3 Å². The van der Waals surface area contributed by atoms with E-state index in [0.717, 1.165) is 11.0 Å². The van der Waals surface area contributed by atoms with E-state index in [1.807, 2.05) is 74.6 Å². The number of esters is 1. The average molecular weight is 402 g/mol. The Morgan fingerprint density at radius 3 is 2.14 bits per heavy atom. The van der Waals surface area contributed by atoms with Crippen molar-refractivity contribution in [2.45, 2.75) is 45.5 Å². The molecular weight excluding hydrogens is 382 g/mol. The molecule has 0 amide bonds. The van der Waals surface area contributed by atoms with Crippen molar-refractivity contribution < 1.29 is 18.8 Å². The number of alkyl halides is 1. The maximum absolute atomic E-state index is 11.1. The van der Waals surface area contributed by atoms with Crippen LogP contribution in [0.3, 0.4) is 0 Å². The first kappa shape index (κ1) is 16.8. The Balaban J connectivity index is 2.02. The molecule has 1 aliphatic heterocycles. The minimum atomic E-state index is -0.360. The molecule has 1 aromatic carbocycles. The molecule has 21 heavy (non-hydrogen) atoms. The van der Waals surface area contributed by atoms with Gasteiger partial charge in [-0.1, -0.05) is 46.9 Å². The smallest absolute Gasteiger partial charge is 0.460 e. The van der Waals surface area contributed by atoms with Crippen LogP contribution in [0.1, 0.15) is 33.3 Å². The van der Waals surface area contributed by atoms with Crippen molar-refractivity contribution in [3.8, 4) is 0 Å². The van der Waals surface area contributed by atoms with Gasteiger partial charge in [-0.2, -0.15) is 0 Å². The molecule has 0 N–H and O–H groups in total. The first-order chi connectivity index (χ1) is 9.75. The summed E-state index contributed by atoms with van der Waals surface area (Å²) >= 11 is 1.99. The third kappa shape index (κ3) is 3.79. The Morgan fingerprint density at radius 2 is 1.67 bits per heavy atom. The van der Waals surface area contributed by atoms with Gasteiger partial charge in [0, 0.05) is 0 Å². The van der Waals surface area contributed by atoms with Crippen LogP contribution in [0.25, 0.3) is 0 Å². The number of ether oxygens (including phenoxy) is 1. The van der Waals surface area contributed by atoms with Gasteiger partial charge in [-0.05, 0) is 38.7 Å². The molecule has 114 valence electrons. The molecule has 0 bridgehead atoms. The summed E-state index contributed by atoms with van der Waals surface area (Å²) in [5, 5.41) is 0. The van der Waals surface area contributed by atoms with Gasteiger partial charge < -0.3 is 14.0 Å². The summed E-state index contributed by atoms with van der Waals surface area (Å²) in [6, 6.07) is 7.77. The topological polar surface area (TPSA) is 44.8 Å². The molecular formula is C15H20BIO4. The van der Waals surface area contributed by atoms with E-state index in [1.165, 1.54) is 0 Å². The molecule has 0 radical (unpaired) electrons. The third-order valence-electron chi connectivity index (χ3n) is 4.01. The molecule has 1 saturated heterocycles. The minimum Gasteiger partial charge on any atom is -0.460 e. The van der Waals surface area contributed by atoms with E-state index in [2.05, 4.69) is 0 Å². The molecule has 6 heteroatoms.